The zero-order valence-electron chi connectivity index (χ0n) is 11.8. The Morgan fingerprint density at radius 2 is 2.05 bits per heavy atom. The number of ether oxygens (including phenoxy) is 2. The van der Waals surface area contributed by atoms with E-state index in [1.807, 2.05) is 0 Å². The third kappa shape index (κ3) is 2.46. The first-order valence-corrected chi connectivity index (χ1v) is 6.29. The lowest BCUT2D eigenvalue weighted by atomic mass is 10.1. The van der Waals surface area contributed by atoms with Gasteiger partial charge in [0.15, 0.2) is 6.10 Å². The van der Waals surface area contributed by atoms with Crippen LogP contribution in [0.1, 0.15) is 13.8 Å². The predicted octanol–water partition coefficient (Wildman–Crippen LogP) is 0.691. The van der Waals surface area contributed by atoms with Gasteiger partial charge in [-0.3, -0.25) is 9.59 Å². The molecule has 0 radical (unpaired) electrons. The smallest absolute Gasteiger partial charge is 0.260 e. The van der Waals surface area contributed by atoms with E-state index in [1.165, 1.54) is 12.0 Å². The average molecular weight is 278 g/mol. The molecule has 0 bridgehead atoms. The minimum Gasteiger partial charge on any atom is -0.477 e. The molecule has 1 aliphatic rings. The highest BCUT2D eigenvalue weighted by Gasteiger charge is 2.39. The number of primary amides is 1. The zero-order chi connectivity index (χ0) is 14.9. The SMILES string of the molecule is COC(C)(C)C(=O)N1CC(C(N)=O)Oc2ccccc21. The van der Waals surface area contributed by atoms with Gasteiger partial charge in [0.2, 0.25) is 0 Å². The van der Waals surface area contributed by atoms with Gasteiger partial charge in [0, 0.05) is 7.11 Å². The molecule has 1 aromatic rings. The summed E-state index contributed by atoms with van der Waals surface area (Å²) in [7, 11) is 1.47. The number of rotatable bonds is 3. The Morgan fingerprint density at radius 1 is 1.40 bits per heavy atom. The number of hydrogen-bond donors (Lipinski definition) is 1. The number of amides is 2. The second kappa shape index (κ2) is 5.13. The van der Waals surface area contributed by atoms with Crippen molar-refractivity contribution in [3.05, 3.63) is 24.3 Å². The summed E-state index contributed by atoms with van der Waals surface area (Å²) in [6, 6.07) is 7.03. The maximum absolute atomic E-state index is 12.6. The Balaban J connectivity index is 2.41. The lowest BCUT2D eigenvalue weighted by molar-refractivity contribution is -0.137. The number of fused-ring (bicyclic) bond motifs is 1. The van der Waals surface area contributed by atoms with E-state index in [4.69, 9.17) is 15.2 Å². The van der Waals surface area contributed by atoms with Gasteiger partial charge in [-0.05, 0) is 26.0 Å². The highest BCUT2D eigenvalue weighted by atomic mass is 16.5. The van der Waals surface area contributed by atoms with Gasteiger partial charge in [-0.1, -0.05) is 12.1 Å². The normalized spacial score (nSPS) is 18.1. The fourth-order valence-electron chi connectivity index (χ4n) is 1.99. The van der Waals surface area contributed by atoms with Gasteiger partial charge in [-0.2, -0.15) is 0 Å². The lowest BCUT2D eigenvalue weighted by Gasteiger charge is -2.37. The summed E-state index contributed by atoms with van der Waals surface area (Å²) in [5.74, 6) is -0.391. The first-order chi connectivity index (χ1) is 9.36. The van der Waals surface area contributed by atoms with Gasteiger partial charge in [0.1, 0.15) is 11.4 Å². The van der Waals surface area contributed by atoms with Crippen LogP contribution in [-0.2, 0) is 14.3 Å². The van der Waals surface area contributed by atoms with E-state index >= 15 is 0 Å². The summed E-state index contributed by atoms with van der Waals surface area (Å²) < 4.78 is 10.7. The molecule has 2 rings (SSSR count). The third-order valence-electron chi connectivity index (χ3n) is 3.36. The molecule has 0 saturated carbocycles. The fourth-order valence-corrected chi connectivity index (χ4v) is 1.99. The van der Waals surface area contributed by atoms with Gasteiger partial charge in [0.25, 0.3) is 11.8 Å². The molecule has 0 aliphatic carbocycles. The van der Waals surface area contributed by atoms with Crippen molar-refractivity contribution in [2.75, 3.05) is 18.6 Å². The van der Waals surface area contributed by atoms with Crippen molar-refractivity contribution in [2.45, 2.75) is 25.6 Å². The van der Waals surface area contributed by atoms with Crippen molar-refractivity contribution in [2.24, 2.45) is 5.73 Å². The van der Waals surface area contributed by atoms with E-state index in [1.54, 1.807) is 38.1 Å². The number of methoxy groups -OCH3 is 1. The number of carbonyl (C=O) groups excluding carboxylic acids is 2. The van der Waals surface area contributed by atoms with E-state index < -0.39 is 17.6 Å². The van der Waals surface area contributed by atoms with E-state index in [-0.39, 0.29) is 12.5 Å². The average Bonchev–Trinajstić information content (AvgIpc) is 2.45. The molecule has 0 spiro atoms. The second-order valence-corrected chi connectivity index (χ2v) is 5.11. The minimum absolute atomic E-state index is 0.0813. The van der Waals surface area contributed by atoms with Crippen LogP contribution in [0.2, 0.25) is 0 Å². The molecule has 1 aromatic carbocycles. The summed E-state index contributed by atoms with van der Waals surface area (Å²) in [4.78, 5) is 25.4. The van der Waals surface area contributed by atoms with Gasteiger partial charge >= 0.3 is 0 Å². The topological polar surface area (TPSA) is 81.9 Å². The predicted molar refractivity (Wildman–Crippen MR) is 73.5 cm³/mol. The largest absolute Gasteiger partial charge is 0.477 e. The van der Waals surface area contributed by atoms with Crippen LogP contribution in [0.4, 0.5) is 5.69 Å². The molecule has 2 N–H and O–H groups in total. The van der Waals surface area contributed by atoms with Crippen LogP contribution >= 0.6 is 0 Å². The van der Waals surface area contributed by atoms with Crippen LogP contribution in [0.15, 0.2) is 24.3 Å². The van der Waals surface area contributed by atoms with Gasteiger partial charge < -0.3 is 20.1 Å². The summed E-state index contributed by atoms with van der Waals surface area (Å²) >= 11 is 0. The second-order valence-electron chi connectivity index (χ2n) is 5.11. The Morgan fingerprint density at radius 3 is 2.65 bits per heavy atom. The molecular weight excluding hydrogens is 260 g/mol. The number of benzene rings is 1. The summed E-state index contributed by atoms with van der Waals surface area (Å²) in [5, 5.41) is 0. The number of hydrogen-bond acceptors (Lipinski definition) is 4. The number of carbonyl (C=O) groups is 2. The molecule has 1 heterocycles. The molecule has 6 nitrogen and oxygen atoms in total. The molecular formula is C14H18N2O4. The third-order valence-corrected chi connectivity index (χ3v) is 3.36. The Labute approximate surface area is 117 Å². The molecule has 0 saturated heterocycles. The molecule has 2 amide bonds. The number of anilines is 1. The first kappa shape index (κ1) is 14.3. The number of para-hydroxylation sites is 2. The van der Waals surface area contributed by atoms with Crippen LogP contribution < -0.4 is 15.4 Å². The van der Waals surface area contributed by atoms with Gasteiger partial charge in [-0.15, -0.1) is 0 Å². The maximum Gasteiger partial charge on any atom is 0.260 e. The van der Waals surface area contributed by atoms with Crippen molar-refractivity contribution < 1.29 is 19.1 Å². The monoisotopic (exact) mass is 278 g/mol. The van der Waals surface area contributed by atoms with E-state index in [9.17, 15) is 9.59 Å². The molecule has 0 aromatic heterocycles. The van der Waals surface area contributed by atoms with Gasteiger partial charge in [-0.25, -0.2) is 0 Å². The quantitative estimate of drug-likeness (QED) is 0.882. The van der Waals surface area contributed by atoms with Crippen molar-refractivity contribution in [1.29, 1.82) is 0 Å². The highest BCUT2D eigenvalue weighted by Crippen LogP contribution is 2.34. The van der Waals surface area contributed by atoms with Crippen LogP contribution in [0.3, 0.4) is 0 Å². The van der Waals surface area contributed by atoms with Crippen molar-refractivity contribution in [3.8, 4) is 5.75 Å². The Bertz CT molecular complexity index is 542. The summed E-state index contributed by atoms with van der Waals surface area (Å²) in [6.45, 7) is 3.43. The van der Waals surface area contributed by atoms with Crippen LogP contribution in [0.25, 0.3) is 0 Å². The highest BCUT2D eigenvalue weighted by molar-refractivity contribution is 6.01. The van der Waals surface area contributed by atoms with Crippen LogP contribution in [-0.4, -0.2) is 37.2 Å². The minimum atomic E-state index is -0.993. The molecule has 108 valence electrons. The Hall–Kier alpha value is -2.08. The lowest BCUT2D eigenvalue weighted by Crippen LogP contribution is -2.54. The first-order valence-electron chi connectivity index (χ1n) is 6.29. The standard InChI is InChI=1S/C14H18N2O4/c1-14(2,19-3)13(18)16-8-11(12(15)17)20-10-7-5-4-6-9(10)16/h4-7,11H,8H2,1-3H3,(H2,15,17). The number of nitrogens with two attached hydrogens (primary N) is 1. The van der Waals surface area contributed by atoms with Crippen LogP contribution in [0, 0.1) is 0 Å². The van der Waals surface area contributed by atoms with Crippen molar-refractivity contribution >= 4 is 17.5 Å². The summed E-state index contributed by atoms with van der Waals surface area (Å²) in [5.41, 5.74) is 4.91. The number of nitrogens with zero attached hydrogens (tertiary/aromatic N) is 1. The molecule has 1 atom stereocenters. The Kier molecular flexibility index (Phi) is 3.67. The van der Waals surface area contributed by atoms with Crippen molar-refractivity contribution in [1.82, 2.24) is 0 Å². The van der Waals surface area contributed by atoms with Gasteiger partial charge in [0.05, 0.1) is 12.2 Å². The molecule has 6 heteroatoms. The van der Waals surface area contributed by atoms with Crippen LogP contribution in [0.5, 0.6) is 5.75 Å². The molecule has 1 unspecified atom stereocenters. The van der Waals surface area contributed by atoms with E-state index in [2.05, 4.69) is 0 Å². The van der Waals surface area contributed by atoms with E-state index in [0.717, 1.165) is 0 Å². The molecule has 0 fully saturated rings. The fraction of sp³-hybridized carbons (Fsp3) is 0.429. The summed E-state index contributed by atoms with van der Waals surface area (Å²) in [6.07, 6.45) is -0.860. The molecule has 20 heavy (non-hydrogen) atoms. The zero-order valence-corrected chi connectivity index (χ0v) is 11.8. The van der Waals surface area contributed by atoms with E-state index in [0.29, 0.717) is 11.4 Å². The molecule has 1 aliphatic heterocycles. The van der Waals surface area contributed by atoms with Crippen molar-refractivity contribution in [3.63, 3.8) is 0 Å². The maximum atomic E-state index is 12.6.